The highest BCUT2D eigenvalue weighted by Crippen LogP contribution is 2.29. The summed E-state index contributed by atoms with van der Waals surface area (Å²) in [6.45, 7) is 0. The molecular formula is C18H13F3N2O. The molecule has 3 aromatic rings. The van der Waals surface area contributed by atoms with Crippen LogP contribution in [0, 0.1) is 0 Å². The predicted molar refractivity (Wildman–Crippen MR) is 87.4 cm³/mol. The summed E-state index contributed by atoms with van der Waals surface area (Å²) in [6.07, 6.45) is 0.186. The SMILES string of the molecule is O=C(C=Cc1ccc(C(F)(F)F)cc1)Nc1ccc2[nH]ccc2c1. The number of halogens is 3. The van der Waals surface area contributed by atoms with Crippen LogP contribution >= 0.6 is 0 Å². The molecule has 24 heavy (non-hydrogen) atoms. The summed E-state index contributed by atoms with van der Waals surface area (Å²) in [7, 11) is 0. The minimum absolute atomic E-state index is 0.357. The largest absolute Gasteiger partial charge is 0.416 e. The Morgan fingerprint density at radius 1 is 1.04 bits per heavy atom. The first-order chi connectivity index (χ1) is 11.4. The summed E-state index contributed by atoms with van der Waals surface area (Å²) >= 11 is 0. The topological polar surface area (TPSA) is 44.9 Å². The van der Waals surface area contributed by atoms with Gasteiger partial charge in [0.15, 0.2) is 0 Å². The van der Waals surface area contributed by atoms with Crippen LogP contribution in [-0.2, 0) is 11.0 Å². The number of aromatic amines is 1. The van der Waals surface area contributed by atoms with Crippen molar-refractivity contribution in [2.45, 2.75) is 6.18 Å². The Morgan fingerprint density at radius 2 is 1.79 bits per heavy atom. The fourth-order valence-electron chi connectivity index (χ4n) is 2.27. The molecule has 1 amide bonds. The molecule has 0 radical (unpaired) electrons. The minimum atomic E-state index is -4.36. The van der Waals surface area contributed by atoms with E-state index in [1.165, 1.54) is 24.3 Å². The second-order valence-corrected chi connectivity index (χ2v) is 5.22. The van der Waals surface area contributed by atoms with E-state index in [0.717, 1.165) is 23.0 Å². The molecule has 0 bridgehead atoms. The Bertz CT molecular complexity index is 893. The van der Waals surface area contributed by atoms with E-state index in [1.54, 1.807) is 12.3 Å². The van der Waals surface area contributed by atoms with Crippen molar-refractivity contribution in [1.82, 2.24) is 4.98 Å². The second kappa shape index (κ2) is 6.23. The predicted octanol–water partition coefficient (Wildman–Crippen LogP) is 4.84. The first kappa shape index (κ1) is 15.9. The van der Waals surface area contributed by atoms with Crippen LogP contribution < -0.4 is 5.32 Å². The summed E-state index contributed by atoms with van der Waals surface area (Å²) in [5.41, 5.74) is 1.40. The molecule has 3 rings (SSSR count). The van der Waals surface area contributed by atoms with Crippen molar-refractivity contribution in [3.05, 3.63) is 71.9 Å². The van der Waals surface area contributed by atoms with Crippen LogP contribution in [0.15, 0.2) is 60.8 Å². The van der Waals surface area contributed by atoms with Gasteiger partial charge in [0.05, 0.1) is 5.56 Å². The van der Waals surface area contributed by atoms with Crippen molar-refractivity contribution in [3.63, 3.8) is 0 Å². The zero-order valence-corrected chi connectivity index (χ0v) is 12.4. The summed E-state index contributed by atoms with van der Waals surface area (Å²) in [5.74, 6) is -0.357. The van der Waals surface area contributed by atoms with Gasteiger partial charge in [0.2, 0.25) is 5.91 Å². The molecule has 0 atom stereocenters. The molecule has 3 nitrogen and oxygen atoms in total. The molecule has 0 aliphatic heterocycles. The molecule has 0 saturated carbocycles. The maximum absolute atomic E-state index is 12.5. The van der Waals surface area contributed by atoms with Crippen LogP contribution in [0.3, 0.4) is 0 Å². The summed E-state index contributed by atoms with van der Waals surface area (Å²) in [6, 6.07) is 11.9. The summed E-state index contributed by atoms with van der Waals surface area (Å²) in [5, 5.41) is 3.68. The Kier molecular flexibility index (Phi) is 4.12. The lowest BCUT2D eigenvalue weighted by atomic mass is 10.1. The van der Waals surface area contributed by atoms with Gasteiger partial charge in [0.1, 0.15) is 0 Å². The highest BCUT2D eigenvalue weighted by Gasteiger charge is 2.29. The van der Waals surface area contributed by atoms with Crippen molar-refractivity contribution in [2.75, 3.05) is 5.32 Å². The van der Waals surface area contributed by atoms with Gasteiger partial charge < -0.3 is 10.3 Å². The van der Waals surface area contributed by atoms with E-state index in [0.29, 0.717) is 11.3 Å². The van der Waals surface area contributed by atoms with E-state index in [4.69, 9.17) is 0 Å². The highest BCUT2D eigenvalue weighted by atomic mass is 19.4. The zero-order valence-electron chi connectivity index (χ0n) is 12.4. The van der Waals surface area contributed by atoms with Gasteiger partial charge in [0.25, 0.3) is 0 Å². The van der Waals surface area contributed by atoms with Crippen LogP contribution in [0.1, 0.15) is 11.1 Å². The number of hydrogen-bond acceptors (Lipinski definition) is 1. The fourth-order valence-corrected chi connectivity index (χ4v) is 2.27. The van der Waals surface area contributed by atoms with Crippen molar-refractivity contribution in [1.29, 1.82) is 0 Å². The molecule has 2 N–H and O–H groups in total. The van der Waals surface area contributed by atoms with Crippen LogP contribution in [0.5, 0.6) is 0 Å². The molecule has 1 heterocycles. The number of benzene rings is 2. The Labute approximate surface area is 135 Å². The van der Waals surface area contributed by atoms with E-state index >= 15 is 0 Å². The average molecular weight is 330 g/mol. The van der Waals surface area contributed by atoms with Crippen molar-refractivity contribution >= 4 is 28.6 Å². The van der Waals surface area contributed by atoms with Crippen molar-refractivity contribution < 1.29 is 18.0 Å². The number of anilines is 1. The van der Waals surface area contributed by atoms with Crippen LogP contribution in [-0.4, -0.2) is 10.9 Å². The molecule has 1 aromatic heterocycles. The van der Waals surface area contributed by atoms with Crippen molar-refractivity contribution in [3.8, 4) is 0 Å². The Hall–Kier alpha value is -3.02. The molecule has 122 valence electrons. The number of fused-ring (bicyclic) bond motifs is 1. The average Bonchev–Trinajstić information content (AvgIpc) is 3.00. The van der Waals surface area contributed by atoms with Crippen molar-refractivity contribution in [2.24, 2.45) is 0 Å². The normalized spacial score (nSPS) is 12.0. The fraction of sp³-hybridized carbons (Fsp3) is 0.0556. The van der Waals surface area contributed by atoms with E-state index in [9.17, 15) is 18.0 Å². The number of amides is 1. The number of hydrogen-bond donors (Lipinski definition) is 2. The van der Waals surface area contributed by atoms with E-state index < -0.39 is 11.7 Å². The van der Waals surface area contributed by atoms with Gasteiger partial charge in [-0.1, -0.05) is 12.1 Å². The van der Waals surface area contributed by atoms with E-state index in [1.807, 2.05) is 18.2 Å². The van der Waals surface area contributed by atoms with Gasteiger partial charge in [-0.2, -0.15) is 13.2 Å². The first-order valence-corrected chi connectivity index (χ1v) is 7.15. The molecule has 0 spiro atoms. The molecule has 2 aromatic carbocycles. The van der Waals surface area contributed by atoms with Gasteiger partial charge in [-0.15, -0.1) is 0 Å². The first-order valence-electron chi connectivity index (χ1n) is 7.15. The lowest BCUT2D eigenvalue weighted by Gasteiger charge is -2.06. The maximum atomic E-state index is 12.5. The summed E-state index contributed by atoms with van der Waals surface area (Å²) in [4.78, 5) is 15.0. The zero-order chi connectivity index (χ0) is 17.2. The number of aromatic nitrogens is 1. The summed E-state index contributed by atoms with van der Waals surface area (Å²) < 4.78 is 37.4. The molecule has 0 fully saturated rings. The van der Waals surface area contributed by atoms with Gasteiger partial charge in [0, 0.05) is 28.9 Å². The number of alkyl halides is 3. The third kappa shape index (κ3) is 3.65. The standard InChI is InChI=1S/C18H13F3N2O/c19-18(20,21)14-4-1-12(2-5-14)3-8-17(24)23-15-6-7-16-13(11-15)9-10-22-16/h1-11,22H,(H,23,24). The van der Waals surface area contributed by atoms with Crippen LogP contribution in [0.2, 0.25) is 0 Å². The van der Waals surface area contributed by atoms with Crippen LogP contribution in [0.25, 0.3) is 17.0 Å². The third-order valence-electron chi connectivity index (χ3n) is 3.49. The highest BCUT2D eigenvalue weighted by molar-refractivity contribution is 6.02. The number of rotatable bonds is 3. The number of carbonyl (C=O) groups excluding carboxylic acids is 1. The lowest BCUT2D eigenvalue weighted by Crippen LogP contribution is -2.07. The number of nitrogens with one attached hydrogen (secondary N) is 2. The maximum Gasteiger partial charge on any atom is 0.416 e. The Morgan fingerprint density at radius 3 is 2.50 bits per heavy atom. The van der Waals surface area contributed by atoms with Gasteiger partial charge in [-0.3, -0.25) is 4.79 Å². The van der Waals surface area contributed by atoms with Gasteiger partial charge in [-0.05, 0) is 48.0 Å². The van der Waals surface area contributed by atoms with Crippen LogP contribution in [0.4, 0.5) is 18.9 Å². The molecule has 0 saturated heterocycles. The quantitative estimate of drug-likeness (QED) is 0.663. The van der Waals surface area contributed by atoms with Gasteiger partial charge in [-0.25, -0.2) is 0 Å². The molecular weight excluding hydrogens is 317 g/mol. The van der Waals surface area contributed by atoms with E-state index in [2.05, 4.69) is 10.3 Å². The second-order valence-electron chi connectivity index (χ2n) is 5.22. The lowest BCUT2D eigenvalue weighted by molar-refractivity contribution is -0.137. The Balaban J connectivity index is 1.66. The van der Waals surface area contributed by atoms with Gasteiger partial charge >= 0.3 is 6.18 Å². The van der Waals surface area contributed by atoms with E-state index in [-0.39, 0.29) is 5.91 Å². The monoisotopic (exact) mass is 330 g/mol. The molecule has 0 aliphatic rings. The number of carbonyl (C=O) groups is 1. The molecule has 0 aliphatic carbocycles. The smallest absolute Gasteiger partial charge is 0.361 e. The molecule has 6 heteroatoms. The third-order valence-corrected chi connectivity index (χ3v) is 3.49. The molecule has 0 unspecified atom stereocenters. The number of H-pyrrole nitrogens is 1. The minimum Gasteiger partial charge on any atom is -0.361 e.